The fraction of sp³-hybridized carbons (Fsp3) is 0.250. The third kappa shape index (κ3) is 1.85. The third-order valence-electron chi connectivity index (χ3n) is 2.11. The van der Waals surface area contributed by atoms with E-state index in [-0.39, 0.29) is 18.1 Å². The van der Waals surface area contributed by atoms with Gasteiger partial charge in [-0.3, -0.25) is 9.89 Å². The Morgan fingerprint density at radius 1 is 1.69 bits per heavy atom. The van der Waals surface area contributed by atoms with Crippen LogP contribution in [-0.4, -0.2) is 30.9 Å². The van der Waals surface area contributed by atoms with Crippen molar-refractivity contribution in [2.24, 2.45) is 7.05 Å². The van der Waals surface area contributed by atoms with Gasteiger partial charge >= 0.3 is 0 Å². The zero-order valence-corrected chi connectivity index (χ0v) is 8.64. The van der Waals surface area contributed by atoms with Gasteiger partial charge < -0.3 is 15.6 Å². The Morgan fingerprint density at radius 2 is 2.50 bits per heavy atom. The molecule has 8 nitrogen and oxygen atoms in total. The van der Waals surface area contributed by atoms with Crippen LogP contribution >= 0.6 is 0 Å². The molecular formula is C8H11N7O. The highest BCUT2D eigenvalue weighted by molar-refractivity contribution is 5.96. The fourth-order valence-electron chi connectivity index (χ4n) is 1.19. The molecule has 84 valence electrons. The van der Waals surface area contributed by atoms with Gasteiger partial charge in [-0.2, -0.15) is 5.10 Å². The van der Waals surface area contributed by atoms with E-state index >= 15 is 0 Å². The van der Waals surface area contributed by atoms with Crippen LogP contribution in [0.15, 0.2) is 12.5 Å². The number of hydrogen-bond acceptors (Lipinski definition) is 5. The number of nitrogens with zero attached hydrogens (tertiary/aromatic N) is 4. The zero-order chi connectivity index (χ0) is 11.5. The Kier molecular flexibility index (Phi) is 2.54. The number of hydrogen-bond donors (Lipinski definition) is 3. The number of H-pyrrole nitrogens is 1. The summed E-state index contributed by atoms with van der Waals surface area (Å²) in [6.45, 7) is 0.286. The van der Waals surface area contributed by atoms with Gasteiger partial charge in [0.1, 0.15) is 12.0 Å². The number of nitrogens with two attached hydrogens (primary N) is 1. The molecule has 0 atom stereocenters. The highest BCUT2D eigenvalue weighted by atomic mass is 16.1. The Morgan fingerprint density at radius 3 is 3.06 bits per heavy atom. The minimum Gasteiger partial charge on any atom is -0.396 e. The molecule has 2 aromatic rings. The number of aromatic nitrogens is 5. The van der Waals surface area contributed by atoms with E-state index in [1.165, 1.54) is 6.20 Å². The smallest absolute Gasteiger partial charge is 0.271 e. The van der Waals surface area contributed by atoms with Gasteiger partial charge in [-0.05, 0) is 0 Å². The molecule has 4 N–H and O–H groups in total. The SMILES string of the molecule is Cn1cnnc1CNC(=O)c1[nH]ncc1N. The van der Waals surface area contributed by atoms with Crippen molar-refractivity contribution >= 4 is 11.6 Å². The second kappa shape index (κ2) is 4.01. The number of nitrogen functional groups attached to an aromatic ring is 1. The van der Waals surface area contributed by atoms with Crippen LogP contribution in [0.2, 0.25) is 0 Å². The van der Waals surface area contributed by atoms with E-state index in [0.29, 0.717) is 11.5 Å². The van der Waals surface area contributed by atoms with Crippen molar-refractivity contribution in [3.8, 4) is 0 Å². The lowest BCUT2D eigenvalue weighted by molar-refractivity contribution is 0.0945. The van der Waals surface area contributed by atoms with E-state index in [2.05, 4.69) is 25.7 Å². The van der Waals surface area contributed by atoms with Crippen LogP contribution in [0.3, 0.4) is 0 Å². The van der Waals surface area contributed by atoms with Gasteiger partial charge in [-0.25, -0.2) is 0 Å². The van der Waals surface area contributed by atoms with Gasteiger partial charge in [0.15, 0.2) is 5.82 Å². The lowest BCUT2D eigenvalue weighted by Gasteiger charge is -2.03. The quantitative estimate of drug-likeness (QED) is 0.618. The molecule has 16 heavy (non-hydrogen) atoms. The van der Waals surface area contributed by atoms with Crippen LogP contribution < -0.4 is 11.1 Å². The summed E-state index contributed by atoms with van der Waals surface area (Å²) < 4.78 is 1.72. The van der Waals surface area contributed by atoms with Gasteiger partial charge in [-0.1, -0.05) is 0 Å². The number of anilines is 1. The van der Waals surface area contributed by atoms with Crippen LogP contribution in [0.5, 0.6) is 0 Å². The van der Waals surface area contributed by atoms with E-state index in [4.69, 9.17) is 5.73 Å². The van der Waals surface area contributed by atoms with Crippen molar-refractivity contribution < 1.29 is 4.79 Å². The molecule has 0 aromatic carbocycles. The molecule has 8 heteroatoms. The second-order valence-electron chi connectivity index (χ2n) is 3.24. The minimum absolute atomic E-state index is 0.252. The summed E-state index contributed by atoms with van der Waals surface area (Å²) in [5.74, 6) is 0.337. The molecule has 0 aliphatic rings. The highest BCUT2D eigenvalue weighted by Crippen LogP contribution is 2.05. The van der Waals surface area contributed by atoms with Crippen molar-refractivity contribution in [2.45, 2.75) is 6.54 Å². The number of aryl methyl sites for hydroxylation is 1. The van der Waals surface area contributed by atoms with Crippen molar-refractivity contribution in [1.82, 2.24) is 30.3 Å². The molecule has 2 heterocycles. The fourth-order valence-corrected chi connectivity index (χ4v) is 1.19. The minimum atomic E-state index is -0.321. The number of carbonyl (C=O) groups is 1. The first kappa shape index (κ1) is 10.1. The Labute approximate surface area is 90.9 Å². The largest absolute Gasteiger partial charge is 0.396 e. The number of rotatable bonds is 3. The molecule has 0 aliphatic carbocycles. The Balaban J connectivity index is 1.99. The number of aromatic amines is 1. The standard InChI is InChI=1S/C8H11N7O/c1-15-4-12-13-6(15)3-10-8(16)7-5(9)2-11-14-7/h2,4H,3,9H2,1H3,(H,10,16)(H,11,14). The number of carbonyl (C=O) groups excluding carboxylic acids is 1. The van der Waals surface area contributed by atoms with Gasteiger partial charge in [0.25, 0.3) is 5.91 Å². The molecule has 0 aliphatic heterocycles. The molecule has 2 rings (SSSR count). The average molecular weight is 221 g/mol. The maximum atomic E-state index is 11.6. The number of amides is 1. The maximum Gasteiger partial charge on any atom is 0.271 e. The van der Waals surface area contributed by atoms with Gasteiger partial charge in [0, 0.05) is 7.05 Å². The topological polar surface area (TPSA) is 115 Å². The zero-order valence-electron chi connectivity index (χ0n) is 8.64. The molecule has 2 aromatic heterocycles. The van der Waals surface area contributed by atoms with Gasteiger partial charge in [0.2, 0.25) is 0 Å². The van der Waals surface area contributed by atoms with Crippen molar-refractivity contribution in [3.63, 3.8) is 0 Å². The first-order valence-corrected chi connectivity index (χ1v) is 4.58. The van der Waals surface area contributed by atoms with Crippen LogP contribution in [0.4, 0.5) is 5.69 Å². The van der Waals surface area contributed by atoms with E-state index < -0.39 is 0 Å². The lowest BCUT2D eigenvalue weighted by Crippen LogP contribution is -2.25. The third-order valence-corrected chi connectivity index (χ3v) is 2.11. The molecular weight excluding hydrogens is 210 g/mol. The summed E-state index contributed by atoms with van der Waals surface area (Å²) in [6.07, 6.45) is 2.95. The monoisotopic (exact) mass is 221 g/mol. The Hall–Kier alpha value is -2.38. The molecule has 0 bridgehead atoms. The lowest BCUT2D eigenvalue weighted by atomic mass is 10.3. The molecule has 0 saturated carbocycles. The molecule has 0 fully saturated rings. The second-order valence-corrected chi connectivity index (χ2v) is 3.24. The molecule has 0 radical (unpaired) electrons. The predicted molar refractivity (Wildman–Crippen MR) is 55.2 cm³/mol. The summed E-state index contributed by atoms with van der Waals surface area (Å²) in [6, 6.07) is 0. The Bertz CT molecular complexity index is 500. The molecule has 0 saturated heterocycles. The summed E-state index contributed by atoms with van der Waals surface area (Å²) >= 11 is 0. The summed E-state index contributed by atoms with van der Waals surface area (Å²) in [5.41, 5.74) is 6.10. The normalized spacial score (nSPS) is 10.3. The summed E-state index contributed by atoms with van der Waals surface area (Å²) in [4.78, 5) is 11.6. The van der Waals surface area contributed by atoms with Crippen molar-refractivity contribution in [2.75, 3.05) is 5.73 Å². The van der Waals surface area contributed by atoms with E-state index in [9.17, 15) is 4.79 Å². The van der Waals surface area contributed by atoms with Crippen molar-refractivity contribution in [3.05, 3.63) is 24.0 Å². The van der Waals surface area contributed by atoms with E-state index in [1.807, 2.05) is 0 Å². The van der Waals surface area contributed by atoms with E-state index in [1.54, 1.807) is 17.9 Å². The molecule has 1 amide bonds. The molecule has 0 unspecified atom stereocenters. The molecule has 0 spiro atoms. The predicted octanol–water partition coefficient (Wildman–Crippen LogP) is -0.950. The van der Waals surface area contributed by atoms with Crippen LogP contribution in [0.25, 0.3) is 0 Å². The van der Waals surface area contributed by atoms with Gasteiger partial charge in [-0.15, -0.1) is 10.2 Å². The average Bonchev–Trinajstić information content (AvgIpc) is 2.84. The first-order chi connectivity index (χ1) is 7.68. The van der Waals surface area contributed by atoms with Crippen LogP contribution in [0, 0.1) is 0 Å². The van der Waals surface area contributed by atoms with Crippen LogP contribution in [-0.2, 0) is 13.6 Å². The summed E-state index contributed by atoms with van der Waals surface area (Å²) in [7, 11) is 1.80. The van der Waals surface area contributed by atoms with Crippen molar-refractivity contribution in [1.29, 1.82) is 0 Å². The maximum absolute atomic E-state index is 11.6. The number of nitrogens with one attached hydrogen (secondary N) is 2. The van der Waals surface area contributed by atoms with E-state index in [0.717, 1.165) is 0 Å². The highest BCUT2D eigenvalue weighted by Gasteiger charge is 2.12. The van der Waals surface area contributed by atoms with Gasteiger partial charge in [0.05, 0.1) is 18.4 Å². The summed E-state index contributed by atoms with van der Waals surface area (Å²) in [5, 5.41) is 16.4. The van der Waals surface area contributed by atoms with Crippen LogP contribution in [0.1, 0.15) is 16.3 Å². The first-order valence-electron chi connectivity index (χ1n) is 4.58.